The lowest BCUT2D eigenvalue weighted by Gasteiger charge is -2.04. The second kappa shape index (κ2) is 4.47. The molecule has 0 aliphatic heterocycles. The summed E-state index contributed by atoms with van der Waals surface area (Å²) in [7, 11) is 3.71. The van der Waals surface area contributed by atoms with Crippen molar-refractivity contribution >= 4 is 5.70 Å². The number of hydrogen-bond donors (Lipinski definition) is 0. The highest BCUT2D eigenvalue weighted by Crippen LogP contribution is 2.16. The lowest BCUT2D eigenvalue weighted by Crippen LogP contribution is -2.01. The van der Waals surface area contributed by atoms with E-state index in [1.165, 1.54) is 0 Å². The number of aryl methyl sites for hydroxylation is 1. The summed E-state index contributed by atoms with van der Waals surface area (Å²) in [5, 5.41) is 0. The van der Waals surface area contributed by atoms with Crippen molar-refractivity contribution in [3.8, 4) is 0 Å². The third-order valence-electron chi connectivity index (χ3n) is 1.62. The summed E-state index contributed by atoms with van der Waals surface area (Å²) in [6.45, 7) is 8.97. The molecule has 0 N–H and O–H groups in total. The van der Waals surface area contributed by atoms with Crippen LogP contribution in [0.25, 0.3) is 10.5 Å². The Labute approximate surface area is 83.7 Å². The number of oxazole rings is 1. The van der Waals surface area contributed by atoms with E-state index in [9.17, 15) is 0 Å². The van der Waals surface area contributed by atoms with Crippen molar-refractivity contribution in [2.45, 2.75) is 13.3 Å². The monoisotopic (exact) mass is 191 g/mol. The fourth-order valence-corrected chi connectivity index (χ4v) is 0.966. The van der Waals surface area contributed by atoms with Gasteiger partial charge in [0.05, 0.1) is 12.8 Å². The van der Waals surface area contributed by atoms with Crippen LogP contribution in [0.3, 0.4) is 0 Å². The number of aromatic nitrogens is 1. The molecule has 1 aromatic rings. The Hall–Kier alpha value is -1.76. The molecule has 0 aromatic carbocycles. The molecule has 0 aliphatic rings. The van der Waals surface area contributed by atoms with Gasteiger partial charge in [0.15, 0.2) is 0 Å². The molecule has 14 heavy (non-hydrogen) atoms. The smallest absolute Gasteiger partial charge is 0.262 e. The summed E-state index contributed by atoms with van der Waals surface area (Å²) < 4.78 is 5.37. The van der Waals surface area contributed by atoms with Crippen molar-refractivity contribution in [3.63, 3.8) is 0 Å². The molecule has 0 saturated heterocycles. The molecule has 1 aromatic heterocycles. The van der Waals surface area contributed by atoms with Gasteiger partial charge in [0.25, 0.3) is 5.70 Å². The summed E-state index contributed by atoms with van der Waals surface area (Å²) in [5.41, 5.74) is 0.426. The fourth-order valence-electron chi connectivity index (χ4n) is 0.966. The van der Waals surface area contributed by atoms with E-state index in [0.29, 0.717) is 11.6 Å². The van der Waals surface area contributed by atoms with Crippen LogP contribution in [-0.2, 0) is 6.42 Å². The quantitative estimate of drug-likeness (QED) is 0.685. The zero-order valence-corrected chi connectivity index (χ0v) is 8.61. The average molecular weight is 191 g/mol. The van der Waals surface area contributed by atoms with Gasteiger partial charge in [-0.25, -0.2) is 9.83 Å². The summed E-state index contributed by atoms with van der Waals surface area (Å²) in [4.78, 5) is 9.19. The van der Waals surface area contributed by atoms with Gasteiger partial charge in [-0.15, -0.1) is 0 Å². The Kier molecular flexibility index (Phi) is 3.29. The molecule has 0 radical (unpaired) electrons. The lowest BCUT2D eigenvalue weighted by atomic mass is 10.4. The molecule has 0 spiro atoms. The van der Waals surface area contributed by atoms with Crippen LogP contribution in [0.4, 0.5) is 0 Å². The molecule has 74 valence electrons. The molecule has 0 amide bonds. The molecule has 0 aliphatic carbocycles. The SMILES string of the molecule is [C-]#[N+]/C(=C\N(C)C)c1ncc(CC)o1. The third kappa shape index (κ3) is 2.36. The first-order valence-corrected chi connectivity index (χ1v) is 4.38. The molecule has 1 heterocycles. The Balaban J connectivity index is 2.97. The van der Waals surface area contributed by atoms with Crippen molar-refractivity contribution in [3.05, 3.63) is 35.5 Å². The average Bonchev–Trinajstić information content (AvgIpc) is 2.62. The maximum absolute atomic E-state index is 6.99. The Bertz CT molecular complexity index is 371. The van der Waals surface area contributed by atoms with Crippen molar-refractivity contribution in [2.75, 3.05) is 14.1 Å². The summed E-state index contributed by atoms with van der Waals surface area (Å²) >= 11 is 0. The van der Waals surface area contributed by atoms with Gasteiger partial charge in [-0.05, 0) is 0 Å². The van der Waals surface area contributed by atoms with Gasteiger partial charge < -0.3 is 9.32 Å². The lowest BCUT2D eigenvalue weighted by molar-refractivity contribution is 0.494. The molecule has 4 nitrogen and oxygen atoms in total. The normalized spacial score (nSPS) is 11.1. The van der Waals surface area contributed by atoms with Crippen LogP contribution in [0, 0.1) is 6.57 Å². The molecule has 0 saturated carbocycles. The van der Waals surface area contributed by atoms with Gasteiger partial charge >= 0.3 is 0 Å². The minimum Gasteiger partial charge on any atom is -0.452 e. The van der Waals surface area contributed by atoms with E-state index in [2.05, 4.69) is 9.83 Å². The molecule has 1 rings (SSSR count). The topological polar surface area (TPSA) is 33.6 Å². The summed E-state index contributed by atoms with van der Waals surface area (Å²) in [6.07, 6.45) is 4.14. The zero-order valence-electron chi connectivity index (χ0n) is 8.61. The minimum atomic E-state index is 0.394. The van der Waals surface area contributed by atoms with Crippen LogP contribution >= 0.6 is 0 Å². The second-order valence-corrected chi connectivity index (χ2v) is 3.08. The van der Waals surface area contributed by atoms with Crippen molar-refractivity contribution < 1.29 is 4.42 Å². The fraction of sp³-hybridized carbons (Fsp3) is 0.400. The van der Waals surface area contributed by atoms with Gasteiger partial charge in [-0.2, -0.15) is 0 Å². The van der Waals surface area contributed by atoms with Crippen molar-refractivity contribution in [1.82, 2.24) is 9.88 Å². The number of hydrogen-bond acceptors (Lipinski definition) is 3. The first-order chi connectivity index (χ1) is 6.67. The molecular weight excluding hydrogens is 178 g/mol. The van der Waals surface area contributed by atoms with Crippen LogP contribution in [0.5, 0.6) is 0 Å². The molecule has 0 fully saturated rings. The molecule has 4 heteroatoms. The van der Waals surface area contributed by atoms with E-state index in [1.54, 1.807) is 17.3 Å². The number of rotatable bonds is 3. The summed E-state index contributed by atoms with van der Waals surface area (Å²) in [6, 6.07) is 0. The Morgan fingerprint density at radius 2 is 2.43 bits per heavy atom. The molecule has 0 bridgehead atoms. The van der Waals surface area contributed by atoms with Crippen molar-refractivity contribution in [1.29, 1.82) is 0 Å². The van der Waals surface area contributed by atoms with Crippen molar-refractivity contribution in [2.24, 2.45) is 0 Å². The van der Waals surface area contributed by atoms with Crippen LogP contribution in [0.15, 0.2) is 16.8 Å². The first-order valence-electron chi connectivity index (χ1n) is 4.38. The van der Waals surface area contributed by atoms with E-state index < -0.39 is 0 Å². The van der Waals surface area contributed by atoms with Crippen LogP contribution in [-0.4, -0.2) is 24.0 Å². The van der Waals surface area contributed by atoms with Gasteiger partial charge in [-0.1, -0.05) is 6.92 Å². The van der Waals surface area contributed by atoms with E-state index in [0.717, 1.165) is 12.2 Å². The highest BCUT2D eigenvalue weighted by atomic mass is 16.4. The maximum atomic E-state index is 6.99. The van der Waals surface area contributed by atoms with Gasteiger partial charge in [0.2, 0.25) is 5.89 Å². The van der Waals surface area contributed by atoms with Crippen LogP contribution < -0.4 is 0 Å². The highest BCUT2D eigenvalue weighted by Gasteiger charge is 2.08. The van der Waals surface area contributed by atoms with E-state index in [-0.39, 0.29) is 0 Å². The predicted octanol–water partition coefficient (Wildman–Crippen LogP) is 2.02. The Morgan fingerprint density at radius 1 is 1.71 bits per heavy atom. The molecule has 0 atom stereocenters. The maximum Gasteiger partial charge on any atom is 0.262 e. The third-order valence-corrected chi connectivity index (χ3v) is 1.62. The summed E-state index contributed by atoms with van der Waals surface area (Å²) in [5.74, 6) is 1.19. The Morgan fingerprint density at radius 3 is 2.86 bits per heavy atom. The standard InChI is InChI=1S/C10H13N3O/c1-5-8-6-12-10(14-8)9(11-2)7-13(3)4/h6-7H,5H2,1,3-4H3/b9-7-. The minimum absolute atomic E-state index is 0.394. The van der Waals surface area contributed by atoms with Gasteiger partial charge in [0.1, 0.15) is 5.76 Å². The molecular formula is C10H13N3O. The van der Waals surface area contributed by atoms with E-state index in [1.807, 2.05) is 21.0 Å². The van der Waals surface area contributed by atoms with E-state index >= 15 is 0 Å². The van der Waals surface area contributed by atoms with Gasteiger partial charge in [-0.3, -0.25) is 0 Å². The zero-order chi connectivity index (χ0) is 10.6. The van der Waals surface area contributed by atoms with Gasteiger partial charge in [0, 0.05) is 26.7 Å². The number of nitrogens with zero attached hydrogens (tertiary/aromatic N) is 3. The predicted molar refractivity (Wildman–Crippen MR) is 54.1 cm³/mol. The van der Waals surface area contributed by atoms with Crippen LogP contribution in [0.2, 0.25) is 0 Å². The molecule has 0 unspecified atom stereocenters. The van der Waals surface area contributed by atoms with E-state index in [4.69, 9.17) is 11.0 Å². The van der Waals surface area contributed by atoms with Crippen LogP contribution in [0.1, 0.15) is 18.6 Å². The first kappa shape index (κ1) is 10.3. The highest BCUT2D eigenvalue weighted by molar-refractivity contribution is 5.63. The largest absolute Gasteiger partial charge is 0.452 e. The second-order valence-electron chi connectivity index (χ2n) is 3.08.